The molecule has 0 bridgehead atoms. The first-order valence-corrected chi connectivity index (χ1v) is 10.9. The van der Waals surface area contributed by atoms with Gasteiger partial charge in [0.25, 0.3) is 0 Å². The highest BCUT2D eigenvalue weighted by molar-refractivity contribution is 6.30. The zero-order valence-electron chi connectivity index (χ0n) is 16.5. The Morgan fingerprint density at radius 1 is 0.769 bits per heavy atom. The van der Waals surface area contributed by atoms with Crippen LogP contribution >= 0.6 is 11.6 Å². The maximum atomic E-state index is 11.8. The topological polar surface area (TPSA) is 17.1 Å². The summed E-state index contributed by atoms with van der Waals surface area (Å²) < 4.78 is 0. The highest BCUT2D eigenvalue weighted by atomic mass is 35.5. The van der Waals surface area contributed by atoms with Gasteiger partial charge in [0.2, 0.25) is 5.78 Å². The minimum atomic E-state index is 0.0445. The summed E-state index contributed by atoms with van der Waals surface area (Å²) in [5.74, 6) is 5.68. The third-order valence-electron chi connectivity index (χ3n) is 4.70. The quantitative estimate of drug-likeness (QED) is 0.240. The van der Waals surface area contributed by atoms with Crippen LogP contribution in [0.15, 0.2) is 24.3 Å². The molecule has 1 rings (SSSR count). The molecule has 0 aliphatic carbocycles. The lowest BCUT2D eigenvalue weighted by molar-refractivity contribution is -0.113. The number of hydrogen-bond donors (Lipinski definition) is 0. The summed E-state index contributed by atoms with van der Waals surface area (Å²) in [6.07, 6.45) is 17.7. The Balaban J connectivity index is 1.91. The van der Waals surface area contributed by atoms with Gasteiger partial charge in [0.1, 0.15) is 0 Å². The van der Waals surface area contributed by atoms with Crippen LogP contribution in [0.4, 0.5) is 0 Å². The van der Waals surface area contributed by atoms with Crippen LogP contribution < -0.4 is 0 Å². The van der Waals surface area contributed by atoms with E-state index >= 15 is 0 Å². The molecule has 0 radical (unpaired) electrons. The fraction of sp³-hybridized carbons (Fsp3) is 0.625. The lowest BCUT2D eigenvalue weighted by Crippen LogP contribution is -1.93. The lowest BCUT2D eigenvalue weighted by atomic mass is 10.0. The van der Waals surface area contributed by atoms with E-state index in [-0.39, 0.29) is 5.78 Å². The molecule has 0 saturated heterocycles. The van der Waals surface area contributed by atoms with Gasteiger partial charge in [0, 0.05) is 17.0 Å². The third kappa shape index (κ3) is 13.0. The number of ketones is 1. The molecule has 0 heterocycles. The minimum Gasteiger partial charge on any atom is -0.285 e. The van der Waals surface area contributed by atoms with Gasteiger partial charge in [-0.25, -0.2) is 0 Å². The molecule has 0 unspecified atom stereocenters. The fourth-order valence-electron chi connectivity index (χ4n) is 3.04. The zero-order valence-corrected chi connectivity index (χ0v) is 17.3. The number of carbonyl (C=O) groups is 1. The van der Waals surface area contributed by atoms with E-state index in [4.69, 9.17) is 11.6 Å². The van der Waals surface area contributed by atoms with Crippen molar-refractivity contribution in [3.8, 4) is 11.8 Å². The number of benzene rings is 1. The molecule has 0 fully saturated rings. The van der Waals surface area contributed by atoms with Gasteiger partial charge < -0.3 is 0 Å². The van der Waals surface area contributed by atoms with Crippen molar-refractivity contribution < 1.29 is 4.79 Å². The van der Waals surface area contributed by atoms with Gasteiger partial charge in [-0.15, -0.1) is 0 Å². The van der Waals surface area contributed by atoms with Gasteiger partial charge in [-0.05, 0) is 36.6 Å². The normalized spacial score (nSPS) is 10.4. The van der Waals surface area contributed by atoms with E-state index in [0.717, 1.165) is 18.4 Å². The summed E-state index contributed by atoms with van der Waals surface area (Å²) in [5, 5.41) is 0.689. The smallest absolute Gasteiger partial charge is 0.205 e. The lowest BCUT2D eigenvalue weighted by Gasteiger charge is -2.02. The monoisotopic (exact) mass is 374 g/mol. The van der Waals surface area contributed by atoms with Gasteiger partial charge in [0.15, 0.2) is 0 Å². The van der Waals surface area contributed by atoms with Gasteiger partial charge in [-0.2, -0.15) is 0 Å². The first kappa shape index (κ1) is 22.8. The SMILES string of the molecule is CCCCCCCCCCCCCCCC(=O)C#Cc1ccc(Cl)cc1. The van der Waals surface area contributed by atoms with E-state index in [0.29, 0.717) is 11.4 Å². The molecule has 144 valence electrons. The number of unbranched alkanes of at least 4 members (excludes halogenated alkanes) is 12. The first-order chi connectivity index (χ1) is 12.7. The second-order valence-corrected chi connectivity index (χ2v) is 7.61. The Labute approximate surface area is 165 Å². The molecular weight excluding hydrogens is 340 g/mol. The summed E-state index contributed by atoms with van der Waals surface area (Å²) in [5.41, 5.74) is 0.841. The summed E-state index contributed by atoms with van der Waals surface area (Å²) in [7, 11) is 0. The summed E-state index contributed by atoms with van der Waals surface area (Å²) in [6.45, 7) is 2.27. The summed E-state index contributed by atoms with van der Waals surface area (Å²) >= 11 is 5.83. The maximum Gasteiger partial charge on any atom is 0.205 e. The number of halogens is 1. The molecule has 1 aromatic rings. The molecule has 0 amide bonds. The molecule has 0 atom stereocenters. The molecule has 0 aliphatic heterocycles. The van der Waals surface area contributed by atoms with Crippen LogP contribution in [-0.4, -0.2) is 5.78 Å². The van der Waals surface area contributed by atoms with Crippen molar-refractivity contribution in [2.45, 2.75) is 96.8 Å². The van der Waals surface area contributed by atoms with Crippen molar-refractivity contribution in [1.82, 2.24) is 0 Å². The number of carbonyl (C=O) groups excluding carboxylic acids is 1. The van der Waals surface area contributed by atoms with E-state index in [2.05, 4.69) is 18.8 Å². The Morgan fingerprint density at radius 2 is 1.23 bits per heavy atom. The Kier molecular flexibility index (Phi) is 14.0. The molecule has 1 nitrogen and oxygen atoms in total. The van der Waals surface area contributed by atoms with Crippen LogP contribution in [0.25, 0.3) is 0 Å². The van der Waals surface area contributed by atoms with E-state index in [1.807, 2.05) is 12.1 Å². The van der Waals surface area contributed by atoms with Crippen molar-refractivity contribution in [2.75, 3.05) is 0 Å². The van der Waals surface area contributed by atoms with Crippen LogP contribution in [0.5, 0.6) is 0 Å². The fourth-order valence-corrected chi connectivity index (χ4v) is 3.17. The van der Waals surface area contributed by atoms with Crippen molar-refractivity contribution >= 4 is 17.4 Å². The van der Waals surface area contributed by atoms with Crippen molar-refractivity contribution in [2.24, 2.45) is 0 Å². The zero-order chi connectivity index (χ0) is 18.9. The molecule has 0 N–H and O–H groups in total. The van der Waals surface area contributed by atoms with Gasteiger partial charge in [0.05, 0.1) is 0 Å². The van der Waals surface area contributed by atoms with Crippen LogP contribution in [0.1, 0.15) is 102 Å². The highest BCUT2D eigenvalue weighted by Gasteiger charge is 1.98. The van der Waals surface area contributed by atoms with Crippen LogP contribution in [0.3, 0.4) is 0 Å². The average Bonchev–Trinajstić information content (AvgIpc) is 2.65. The van der Waals surface area contributed by atoms with E-state index < -0.39 is 0 Å². The Bertz CT molecular complexity index is 536. The predicted octanol–water partition coefficient (Wildman–Crippen LogP) is 7.74. The molecule has 0 aromatic heterocycles. The van der Waals surface area contributed by atoms with Gasteiger partial charge >= 0.3 is 0 Å². The number of rotatable bonds is 14. The molecule has 0 spiro atoms. The molecular formula is C24H35ClO. The average molecular weight is 375 g/mol. The van der Waals surface area contributed by atoms with Gasteiger partial charge in [-0.1, -0.05) is 101 Å². The number of hydrogen-bond acceptors (Lipinski definition) is 1. The van der Waals surface area contributed by atoms with Crippen LogP contribution in [-0.2, 0) is 4.79 Å². The second-order valence-electron chi connectivity index (χ2n) is 7.17. The molecule has 2 heteroatoms. The Morgan fingerprint density at radius 3 is 1.73 bits per heavy atom. The maximum absolute atomic E-state index is 11.8. The summed E-state index contributed by atoms with van der Waals surface area (Å²) in [6, 6.07) is 7.27. The van der Waals surface area contributed by atoms with E-state index in [1.54, 1.807) is 12.1 Å². The van der Waals surface area contributed by atoms with Crippen LogP contribution in [0, 0.1) is 11.8 Å². The van der Waals surface area contributed by atoms with Crippen molar-refractivity contribution in [3.63, 3.8) is 0 Å². The van der Waals surface area contributed by atoms with Gasteiger partial charge in [-0.3, -0.25) is 4.79 Å². The van der Waals surface area contributed by atoms with Crippen molar-refractivity contribution in [3.05, 3.63) is 34.9 Å². The first-order valence-electron chi connectivity index (χ1n) is 10.5. The standard InChI is InChI=1S/C24H35ClO/c1-2-3-4-5-6-7-8-9-10-11-12-13-14-15-24(26)21-18-22-16-19-23(25)20-17-22/h16-17,19-20H,2-15H2,1H3. The Hall–Kier alpha value is -1.26. The largest absolute Gasteiger partial charge is 0.285 e. The molecule has 1 aromatic carbocycles. The predicted molar refractivity (Wildman–Crippen MR) is 114 cm³/mol. The second kappa shape index (κ2) is 16.0. The molecule has 26 heavy (non-hydrogen) atoms. The molecule has 0 aliphatic rings. The highest BCUT2D eigenvalue weighted by Crippen LogP contribution is 2.13. The number of Topliss-reactive ketones (excluding diaryl/α,β-unsaturated/α-hetero) is 1. The van der Waals surface area contributed by atoms with Crippen LogP contribution in [0.2, 0.25) is 5.02 Å². The summed E-state index contributed by atoms with van der Waals surface area (Å²) in [4.78, 5) is 11.8. The molecule has 0 saturated carbocycles. The minimum absolute atomic E-state index is 0.0445. The van der Waals surface area contributed by atoms with Crippen molar-refractivity contribution in [1.29, 1.82) is 0 Å². The third-order valence-corrected chi connectivity index (χ3v) is 4.95. The van der Waals surface area contributed by atoms with E-state index in [9.17, 15) is 4.79 Å². The van der Waals surface area contributed by atoms with E-state index in [1.165, 1.54) is 70.6 Å².